The molecule has 0 fully saturated rings. The van der Waals surface area contributed by atoms with E-state index in [-0.39, 0.29) is 11.9 Å². The van der Waals surface area contributed by atoms with Crippen LogP contribution in [0.3, 0.4) is 0 Å². The molecule has 22 heavy (non-hydrogen) atoms. The average Bonchev–Trinajstić information content (AvgIpc) is 2.89. The van der Waals surface area contributed by atoms with E-state index in [2.05, 4.69) is 40.8 Å². The van der Waals surface area contributed by atoms with Gasteiger partial charge in [-0.1, -0.05) is 52.9 Å². The molecule has 0 N–H and O–H groups in total. The summed E-state index contributed by atoms with van der Waals surface area (Å²) in [7, 11) is 3.06. The molecule has 1 aliphatic rings. The fourth-order valence-corrected chi connectivity index (χ4v) is 3.61. The molecule has 0 saturated heterocycles. The minimum absolute atomic E-state index is 0.120. The lowest BCUT2D eigenvalue weighted by Crippen LogP contribution is -2.12. The molecular weight excluding hydrogens is 391 g/mol. The van der Waals surface area contributed by atoms with Gasteiger partial charge in [0, 0.05) is 5.92 Å². The maximum atomic E-state index is 12.2. The number of fused-ring (bicyclic) bond motifs is 3. The summed E-state index contributed by atoms with van der Waals surface area (Å²) in [6, 6.07) is 14.2. The lowest BCUT2D eigenvalue weighted by atomic mass is 9.90. The highest BCUT2D eigenvalue weighted by Gasteiger charge is 2.34. The molecule has 2 aromatic rings. The number of benzene rings is 2. The lowest BCUT2D eigenvalue weighted by molar-refractivity contribution is -0.136. The van der Waals surface area contributed by atoms with Crippen LogP contribution in [0.5, 0.6) is 5.75 Å². The monoisotopic (exact) mass is 406 g/mol. The van der Waals surface area contributed by atoms with Crippen LogP contribution in [0.15, 0.2) is 52.1 Å². The van der Waals surface area contributed by atoms with E-state index in [4.69, 9.17) is 9.47 Å². The number of methoxy groups -OCH3 is 2. The van der Waals surface area contributed by atoms with Gasteiger partial charge in [-0.25, -0.2) is 4.79 Å². The van der Waals surface area contributed by atoms with Crippen LogP contribution in [0.4, 0.5) is 0 Å². The van der Waals surface area contributed by atoms with Crippen LogP contribution >= 0.6 is 22.6 Å². The highest BCUT2D eigenvalue weighted by atomic mass is 127. The summed E-state index contributed by atoms with van der Waals surface area (Å²) in [4.78, 5) is 12.2. The van der Waals surface area contributed by atoms with E-state index in [1.54, 1.807) is 11.2 Å². The van der Waals surface area contributed by atoms with Gasteiger partial charge in [0.1, 0.15) is 5.75 Å². The van der Waals surface area contributed by atoms with E-state index in [1.807, 2.05) is 24.3 Å². The van der Waals surface area contributed by atoms with Crippen molar-refractivity contribution in [2.45, 2.75) is 5.92 Å². The maximum absolute atomic E-state index is 12.2. The van der Waals surface area contributed by atoms with Crippen LogP contribution in [0.2, 0.25) is 0 Å². The third kappa shape index (κ3) is 2.31. The van der Waals surface area contributed by atoms with Crippen molar-refractivity contribution in [2.75, 3.05) is 14.2 Å². The summed E-state index contributed by atoms with van der Waals surface area (Å²) < 4.78 is 12.1. The highest BCUT2D eigenvalue weighted by Crippen LogP contribution is 2.49. The number of carbonyl (C=O) groups excluding carboxylic acids is 1. The third-order valence-electron chi connectivity index (χ3n) is 3.98. The van der Waals surface area contributed by atoms with Crippen LogP contribution in [-0.4, -0.2) is 20.2 Å². The second-order valence-electron chi connectivity index (χ2n) is 5.03. The van der Waals surface area contributed by atoms with E-state index in [9.17, 15) is 4.79 Å². The predicted octanol–water partition coefficient (Wildman–Crippen LogP) is 4.30. The molecule has 0 spiro atoms. The summed E-state index contributed by atoms with van der Waals surface area (Å²) >= 11 is 2.10. The van der Waals surface area contributed by atoms with Crippen LogP contribution in [0, 0.1) is 0 Å². The van der Waals surface area contributed by atoms with E-state index >= 15 is 0 Å². The van der Waals surface area contributed by atoms with Gasteiger partial charge < -0.3 is 9.47 Å². The Morgan fingerprint density at radius 2 is 1.82 bits per heavy atom. The average molecular weight is 406 g/mol. The Morgan fingerprint density at radius 1 is 1.09 bits per heavy atom. The van der Waals surface area contributed by atoms with E-state index in [1.165, 1.54) is 7.11 Å². The van der Waals surface area contributed by atoms with Crippen LogP contribution in [0.25, 0.3) is 11.1 Å². The second kappa shape index (κ2) is 6.12. The van der Waals surface area contributed by atoms with Crippen molar-refractivity contribution in [1.82, 2.24) is 0 Å². The molecule has 1 unspecified atom stereocenters. The smallest absolute Gasteiger partial charge is 0.335 e. The van der Waals surface area contributed by atoms with Gasteiger partial charge in [-0.15, -0.1) is 0 Å². The molecule has 0 heterocycles. The van der Waals surface area contributed by atoms with Gasteiger partial charge in [0.15, 0.2) is 0 Å². The fourth-order valence-electron chi connectivity index (χ4n) is 2.99. The van der Waals surface area contributed by atoms with E-state index in [0.717, 1.165) is 28.0 Å². The normalized spacial score (nSPS) is 16.0. The SMILES string of the molecule is COC(=O)/C(=C\I)C1c2ccccc2-c2ccc(OC)cc21. The molecule has 0 aromatic heterocycles. The summed E-state index contributed by atoms with van der Waals surface area (Å²) in [5, 5.41) is 0. The summed E-state index contributed by atoms with van der Waals surface area (Å²) in [5.74, 6) is 0.366. The Morgan fingerprint density at radius 3 is 2.50 bits per heavy atom. The quantitative estimate of drug-likeness (QED) is 0.433. The molecular formula is C18H15IO3. The molecule has 0 bridgehead atoms. The summed E-state index contributed by atoms with van der Waals surface area (Å²) in [6.45, 7) is 0. The Labute approximate surface area is 143 Å². The van der Waals surface area contributed by atoms with Gasteiger partial charge in [-0.2, -0.15) is 0 Å². The van der Waals surface area contributed by atoms with Gasteiger partial charge in [0.25, 0.3) is 0 Å². The molecule has 0 aliphatic heterocycles. The van der Waals surface area contributed by atoms with Gasteiger partial charge in [-0.3, -0.25) is 0 Å². The van der Waals surface area contributed by atoms with Gasteiger partial charge in [0.2, 0.25) is 0 Å². The summed E-state index contributed by atoms with van der Waals surface area (Å²) in [5.41, 5.74) is 5.14. The molecule has 0 saturated carbocycles. The molecule has 0 radical (unpaired) electrons. The van der Waals surface area contributed by atoms with Crippen molar-refractivity contribution >= 4 is 28.6 Å². The third-order valence-corrected chi connectivity index (χ3v) is 4.65. The largest absolute Gasteiger partial charge is 0.497 e. The van der Waals surface area contributed by atoms with Gasteiger partial charge >= 0.3 is 5.97 Å². The molecule has 112 valence electrons. The van der Waals surface area contributed by atoms with Gasteiger partial charge in [0.05, 0.1) is 19.8 Å². The molecule has 3 nitrogen and oxygen atoms in total. The van der Waals surface area contributed by atoms with Crippen molar-refractivity contribution in [3.8, 4) is 16.9 Å². The highest BCUT2D eigenvalue weighted by molar-refractivity contribution is 14.1. The fraction of sp³-hybridized carbons (Fsp3) is 0.167. The first-order valence-electron chi connectivity index (χ1n) is 6.87. The number of hydrogen-bond acceptors (Lipinski definition) is 3. The predicted molar refractivity (Wildman–Crippen MR) is 94.4 cm³/mol. The number of rotatable bonds is 3. The molecule has 1 aliphatic carbocycles. The first-order chi connectivity index (χ1) is 10.7. The van der Waals surface area contributed by atoms with Crippen molar-refractivity contribution < 1.29 is 14.3 Å². The van der Waals surface area contributed by atoms with Crippen LogP contribution in [-0.2, 0) is 9.53 Å². The molecule has 1 atom stereocenters. The van der Waals surface area contributed by atoms with E-state index < -0.39 is 0 Å². The lowest BCUT2D eigenvalue weighted by Gasteiger charge is -2.16. The van der Waals surface area contributed by atoms with Crippen molar-refractivity contribution in [3.05, 3.63) is 63.2 Å². The standard InChI is InChI=1S/C18H15IO3/c1-21-11-7-8-13-12-5-3-4-6-14(12)17(15(13)9-11)16(10-19)18(20)22-2/h3-10,17H,1-2H3/b16-10-. The Hall–Kier alpha value is -1.82. The number of halogens is 1. The van der Waals surface area contributed by atoms with Crippen molar-refractivity contribution in [1.29, 1.82) is 0 Å². The Balaban J connectivity index is 2.24. The zero-order valence-electron chi connectivity index (χ0n) is 12.3. The molecule has 4 heteroatoms. The molecule has 2 aromatic carbocycles. The minimum atomic E-state index is -0.301. The Bertz CT molecular complexity index is 765. The maximum Gasteiger partial charge on any atom is 0.335 e. The zero-order valence-corrected chi connectivity index (χ0v) is 14.5. The first kappa shape index (κ1) is 15.1. The van der Waals surface area contributed by atoms with Crippen molar-refractivity contribution in [2.24, 2.45) is 0 Å². The number of ether oxygens (including phenoxy) is 2. The molecule has 0 amide bonds. The zero-order chi connectivity index (χ0) is 15.7. The molecule has 3 rings (SSSR count). The first-order valence-corrected chi connectivity index (χ1v) is 8.11. The van der Waals surface area contributed by atoms with Gasteiger partial charge in [-0.05, 0) is 38.5 Å². The van der Waals surface area contributed by atoms with Crippen LogP contribution in [0.1, 0.15) is 17.0 Å². The topological polar surface area (TPSA) is 35.5 Å². The number of hydrogen-bond donors (Lipinski definition) is 0. The van der Waals surface area contributed by atoms with Crippen molar-refractivity contribution in [3.63, 3.8) is 0 Å². The summed E-state index contributed by atoms with van der Waals surface area (Å²) in [6.07, 6.45) is 0. The second-order valence-corrected chi connectivity index (χ2v) is 5.65. The number of carbonyl (C=O) groups is 1. The minimum Gasteiger partial charge on any atom is -0.497 e. The number of esters is 1. The van der Waals surface area contributed by atoms with Crippen LogP contribution < -0.4 is 4.74 Å². The van der Waals surface area contributed by atoms with E-state index in [0.29, 0.717) is 5.57 Å². The Kier molecular flexibility index (Phi) is 4.20.